The Hall–Kier alpha value is -0.440. The van der Waals surface area contributed by atoms with Crippen LogP contribution in [0.1, 0.15) is 0 Å². The molecule has 0 aromatic heterocycles. The summed E-state index contributed by atoms with van der Waals surface area (Å²) in [6, 6.07) is 5.32. The van der Waals surface area contributed by atoms with E-state index in [2.05, 4.69) is 5.32 Å². The van der Waals surface area contributed by atoms with E-state index < -0.39 is 0 Å². The highest BCUT2D eigenvalue weighted by molar-refractivity contribution is 6.34. The minimum atomic E-state index is 0.633. The van der Waals surface area contributed by atoms with Crippen molar-refractivity contribution < 1.29 is 4.74 Å². The molecule has 0 spiro atoms. The van der Waals surface area contributed by atoms with Crippen LogP contribution >= 0.6 is 23.2 Å². The number of halogens is 2. The van der Waals surface area contributed by atoms with E-state index in [1.54, 1.807) is 18.2 Å². The van der Waals surface area contributed by atoms with Gasteiger partial charge in [0.2, 0.25) is 0 Å². The van der Waals surface area contributed by atoms with Crippen LogP contribution in [0, 0.1) is 17.8 Å². The third kappa shape index (κ3) is 1.90. The molecule has 1 heterocycles. The summed E-state index contributed by atoms with van der Waals surface area (Å²) in [5, 5.41) is 4.66. The standard InChI is InChI=1S/C12H13Cl2NO/c13-7-1-2-11(14)12(3-7)16-6-10-8-4-15-5-9(8)10/h1-3,8-10,15H,4-6H2/t8-,9+,10?. The number of fused-ring (bicyclic) bond motifs is 1. The van der Waals surface area contributed by atoms with Crippen molar-refractivity contribution in [2.75, 3.05) is 19.7 Å². The van der Waals surface area contributed by atoms with Crippen molar-refractivity contribution in [2.45, 2.75) is 0 Å². The van der Waals surface area contributed by atoms with Crippen LogP contribution in [-0.2, 0) is 0 Å². The van der Waals surface area contributed by atoms with E-state index in [1.807, 2.05) is 0 Å². The average molecular weight is 258 g/mol. The van der Waals surface area contributed by atoms with Gasteiger partial charge in [-0.1, -0.05) is 23.2 Å². The summed E-state index contributed by atoms with van der Waals surface area (Å²) < 4.78 is 5.73. The monoisotopic (exact) mass is 257 g/mol. The predicted octanol–water partition coefficient (Wildman–Crippen LogP) is 2.84. The Balaban J connectivity index is 1.60. The zero-order valence-electron chi connectivity index (χ0n) is 8.75. The maximum absolute atomic E-state index is 6.02. The van der Waals surface area contributed by atoms with E-state index in [9.17, 15) is 0 Å². The van der Waals surface area contributed by atoms with E-state index >= 15 is 0 Å². The van der Waals surface area contributed by atoms with Crippen molar-refractivity contribution in [2.24, 2.45) is 17.8 Å². The lowest BCUT2D eigenvalue weighted by atomic mass is 10.3. The lowest BCUT2D eigenvalue weighted by Gasteiger charge is -2.09. The second kappa shape index (κ2) is 4.10. The van der Waals surface area contributed by atoms with Crippen LogP contribution in [-0.4, -0.2) is 19.7 Å². The first-order chi connectivity index (χ1) is 7.75. The van der Waals surface area contributed by atoms with Gasteiger partial charge in [0.25, 0.3) is 0 Å². The number of benzene rings is 1. The Bertz CT molecular complexity index is 400. The Kier molecular flexibility index (Phi) is 2.74. The SMILES string of the molecule is Clc1ccc(Cl)c(OCC2[C@H]3CNC[C@@H]23)c1. The molecule has 0 amide bonds. The van der Waals surface area contributed by atoms with Gasteiger partial charge in [0.1, 0.15) is 5.75 Å². The van der Waals surface area contributed by atoms with Crippen molar-refractivity contribution in [1.82, 2.24) is 5.32 Å². The molecule has 1 saturated heterocycles. The van der Waals surface area contributed by atoms with E-state index in [1.165, 1.54) is 0 Å². The zero-order chi connectivity index (χ0) is 11.1. The predicted molar refractivity (Wildman–Crippen MR) is 65.3 cm³/mol. The Labute approximate surface area is 105 Å². The van der Waals surface area contributed by atoms with E-state index in [4.69, 9.17) is 27.9 Å². The van der Waals surface area contributed by atoms with Gasteiger partial charge in [-0.25, -0.2) is 0 Å². The summed E-state index contributed by atoms with van der Waals surface area (Å²) in [5.41, 5.74) is 0. The minimum Gasteiger partial charge on any atom is -0.492 e. The quantitative estimate of drug-likeness (QED) is 0.900. The highest BCUT2D eigenvalue weighted by atomic mass is 35.5. The van der Waals surface area contributed by atoms with Gasteiger partial charge >= 0.3 is 0 Å². The fraction of sp³-hybridized carbons (Fsp3) is 0.500. The van der Waals surface area contributed by atoms with E-state index in [0.717, 1.165) is 31.5 Å². The molecule has 0 bridgehead atoms. The molecule has 1 aliphatic carbocycles. The Morgan fingerprint density at radius 1 is 1.25 bits per heavy atom. The van der Waals surface area contributed by atoms with Crippen LogP contribution < -0.4 is 10.1 Å². The van der Waals surface area contributed by atoms with Crippen molar-refractivity contribution in [1.29, 1.82) is 0 Å². The fourth-order valence-corrected chi connectivity index (χ4v) is 2.90. The third-order valence-corrected chi connectivity index (χ3v) is 4.14. The van der Waals surface area contributed by atoms with Crippen LogP contribution in [0.5, 0.6) is 5.75 Å². The molecule has 1 N–H and O–H groups in total. The second-order valence-electron chi connectivity index (χ2n) is 4.54. The third-order valence-electron chi connectivity index (χ3n) is 3.59. The first-order valence-electron chi connectivity index (χ1n) is 5.54. The first-order valence-corrected chi connectivity index (χ1v) is 6.30. The molecular formula is C12H13Cl2NO. The van der Waals surface area contributed by atoms with Gasteiger partial charge in [0.05, 0.1) is 11.6 Å². The summed E-state index contributed by atoms with van der Waals surface area (Å²) in [6.45, 7) is 3.04. The molecule has 86 valence electrons. The second-order valence-corrected chi connectivity index (χ2v) is 5.38. The van der Waals surface area contributed by atoms with Crippen LogP contribution in [0.3, 0.4) is 0 Å². The molecule has 1 aromatic carbocycles. The summed E-state index contributed by atoms with van der Waals surface area (Å²) in [7, 11) is 0. The number of ether oxygens (including phenoxy) is 1. The van der Waals surface area contributed by atoms with Gasteiger partial charge in [-0.2, -0.15) is 0 Å². The lowest BCUT2D eigenvalue weighted by Crippen LogP contribution is -2.17. The maximum atomic E-state index is 6.02. The van der Waals surface area contributed by atoms with Crippen LogP contribution in [0.25, 0.3) is 0 Å². The molecule has 2 nitrogen and oxygen atoms in total. The highest BCUT2D eigenvalue weighted by Gasteiger charge is 2.52. The molecule has 2 fully saturated rings. The number of hydrogen-bond donors (Lipinski definition) is 1. The fourth-order valence-electron chi connectivity index (χ4n) is 2.57. The van der Waals surface area contributed by atoms with Gasteiger partial charge in [-0.15, -0.1) is 0 Å². The summed E-state index contributed by atoms with van der Waals surface area (Å²) in [4.78, 5) is 0. The topological polar surface area (TPSA) is 21.3 Å². The average Bonchev–Trinajstić information content (AvgIpc) is 2.72. The van der Waals surface area contributed by atoms with Gasteiger partial charge in [0, 0.05) is 17.0 Å². The minimum absolute atomic E-state index is 0.633. The van der Waals surface area contributed by atoms with Crippen LogP contribution in [0.15, 0.2) is 18.2 Å². The first kappa shape index (κ1) is 10.7. The molecule has 3 rings (SSSR count). The molecule has 16 heavy (non-hydrogen) atoms. The summed E-state index contributed by atoms with van der Waals surface area (Å²) in [6.07, 6.45) is 0. The summed E-state index contributed by atoms with van der Waals surface area (Å²) in [5.74, 6) is 3.04. The van der Waals surface area contributed by atoms with Crippen LogP contribution in [0.2, 0.25) is 10.0 Å². The van der Waals surface area contributed by atoms with Gasteiger partial charge in [0.15, 0.2) is 0 Å². The molecule has 4 heteroatoms. The molecule has 2 aliphatic rings. The largest absolute Gasteiger partial charge is 0.492 e. The van der Waals surface area contributed by atoms with E-state index in [0.29, 0.717) is 21.7 Å². The zero-order valence-corrected chi connectivity index (χ0v) is 10.3. The molecular weight excluding hydrogens is 245 g/mol. The normalized spacial score (nSPS) is 31.2. The molecule has 1 saturated carbocycles. The van der Waals surface area contributed by atoms with Crippen molar-refractivity contribution in [3.63, 3.8) is 0 Å². The molecule has 1 aromatic rings. The van der Waals surface area contributed by atoms with Crippen LogP contribution in [0.4, 0.5) is 0 Å². The number of nitrogens with one attached hydrogen (secondary N) is 1. The molecule has 1 aliphatic heterocycles. The van der Waals surface area contributed by atoms with E-state index in [-0.39, 0.29) is 0 Å². The molecule has 3 atom stereocenters. The highest BCUT2D eigenvalue weighted by Crippen LogP contribution is 2.48. The number of hydrogen-bond acceptors (Lipinski definition) is 2. The summed E-state index contributed by atoms with van der Waals surface area (Å²) >= 11 is 11.9. The Morgan fingerprint density at radius 2 is 2.00 bits per heavy atom. The smallest absolute Gasteiger partial charge is 0.139 e. The Morgan fingerprint density at radius 3 is 2.75 bits per heavy atom. The van der Waals surface area contributed by atoms with Gasteiger partial charge in [-0.05, 0) is 37.1 Å². The van der Waals surface area contributed by atoms with Gasteiger partial charge < -0.3 is 10.1 Å². The maximum Gasteiger partial charge on any atom is 0.139 e. The van der Waals surface area contributed by atoms with Crippen molar-refractivity contribution in [3.05, 3.63) is 28.2 Å². The van der Waals surface area contributed by atoms with Gasteiger partial charge in [-0.3, -0.25) is 0 Å². The molecule has 1 unspecified atom stereocenters. The number of piperidine rings is 1. The molecule has 0 radical (unpaired) electrons. The lowest BCUT2D eigenvalue weighted by molar-refractivity contribution is 0.281. The number of rotatable bonds is 3. The van der Waals surface area contributed by atoms with Crippen molar-refractivity contribution in [3.8, 4) is 5.75 Å². The van der Waals surface area contributed by atoms with Crippen molar-refractivity contribution >= 4 is 23.2 Å².